The van der Waals surface area contributed by atoms with E-state index >= 15 is 0 Å². The first-order valence-corrected chi connectivity index (χ1v) is 15.1. The van der Waals surface area contributed by atoms with Crippen molar-refractivity contribution in [3.8, 4) is 0 Å². The molecule has 8 nitrogen and oxygen atoms in total. The molecule has 0 radical (unpaired) electrons. The lowest BCUT2D eigenvalue weighted by Gasteiger charge is -2.26. The first kappa shape index (κ1) is 27.1. The second kappa shape index (κ2) is 10.8. The number of benzene rings is 3. The highest BCUT2D eigenvalue weighted by molar-refractivity contribution is 7.92. The molecule has 0 atom stereocenters. The molecular formula is C26H28ClN3O5S2. The Kier molecular flexibility index (Phi) is 7.94. The lowest BCUT2D eigenvalue weighted by atomic mass is 10.1. The Hall–Kier alpha value is -2.92. The van der Waals surface area contributed by atoms with Crippen LogP contribution < -0.4 is 10.0 Å². The Morgan fingerprint density at radius 3 is 2.19 bits per heavy atom. The maximum Gasteiger partial charge on any atom is 0.261 e. The van der Waals surface area contributed by atoms with Gasteiger partial charge in [-0.25, -0.2) is 16.8 Å². The van der Waals surface area contributed by atoms with Gasteiger partial charge in [0.25, 0.3) is 15.9 Å². The summed E-state index contributed by atoms with van der Waals surface area (Å²) in [6.45, 7) is 4.39. The number of nitrogens with zero attached hydrogens (tertiary/aromatic N) is 1. The molecule has 1 amide bonds. The first-order chi connectivity index (χ1) is 17.5. The zero-order valence-electron chi connectivity index (χ0n) is 20.5. The third-order valence-corrected chi connectivity index (χ3v) is 10.0. The van der Waals surface area contributed by atoms with E-state index in [1.54, 1.807) is 38.1 Å². The summed E-state index contributed by atoms with van der Waals surface area (Å²) < 4.78 is 55.7. The Morgan fingerprint density at radius 2 is 1.51 bits per heavy atom. The average Bonchev–Trinajstić information content (AvgIpc) is 2.87. The van der Waals surface area contributed by atoms with E-state index < -0.39 is 26.0 Å². The van der Waals surface area contributed by atoms with Gasteiger partial charge >= 0.3 is 0 Å². The Balaban J connectivity index is 1.51. The van der Waals surface area contributed by atoms with Gasteiger partial charge in [-0.1, -0.05) is 30.2 Å². The van der Waals surface area contributed by atoms with Gasteiger partial charge < -0.3 is 5.32 Å². The van der Waals surface area contributed by atoms with Crippen molar-refractivity contribution in [2.45, 2.75) is 42.9 Å². The van der Waals surface area contributed by atoms with Crippen LogP contribution in [0.15, 0.2) is 70.5 Å². The summed E-state index contributed by atoms with van der Waals surface area (Å²) in [6, 6.07) is 15.2. The van der Waals surface area contributed by atoms with Gasteiger partial charge in [0.15, 0.2) is 0 Å². The van der Waals surface area contributed by atoms with E-state index in [-0.39, 0.29) is 15.4 Å². The fourth-order valence-electron chi connectivity index (χ4n) is 4.10. The van der Waals surface area contributed by atoms with Crippen LogP contribution in [-0.4, -0.2) is 40.1 Å². The van der Waals surface area contributed by atoms with Crippen LogP contribution >= 0.6 is 11.6 Å². The maximum atomic E-state index is 13.1. The molecular weight excluding hydrogens is 534 g/mol. The molecule has 0 unspecified atom stereocenters. The van der Waals surface area contributed by atoms with Crippen LogP contribution in [0.1, 0.15) is 40.7 Å². The molecule has 4 rings (SSSR count). The third-order valence-electron chi connectivity index (χ3n) is 6.34. The van der Waals surface area contributed by atoms with Gasteiger partial charge in [-0.3, -0.25) is 9.52 Å². The van der Waals surface area contributed by atoms with Gasteiger partial charge in [-0.15, -0.1) is 0 Å². The molecule has 0 saturated carbocycles. The second-order valence-electron chi connectivity index (χ2n) is 8.94. The zero-order chi connectivity index (χ0) is 26.8. The predicted molar refractivity (Wildman–Crippen MR) is 145 cm³/mol. The van der Waals surface area contributed by atoms with Crippen molar-refractivity contribution in [3.05, 3.63) is 82.4 Å². The standard InChI is InChI=1S/C26H28ClN3O5S2/c1-18-9-12-22(37(34,35)30-15-4-3-5-16-30)17-23(18)26(31)28-20-10-13-21(14-11-20)36(32,33)29-25-8-6-7-24(27)19(25)2/h6-14,17,29H,3-5,15-16H2,1-2H3,(H,28,31). The summed E-state index contributed by atoms with van der Waals surface area (Å²) in [6.07, 6.45) is 2.64. The topological polar surface area (TPSA) is 113 Å². The number of amides is 1. The number of carbonyl (C=O) groups is 1. The van der Waals surface area contributed by atoms with Crippen molar-refractivity contribution in [1.29, 1.82) is 0 Å². The summed E-state index contributed by atoms with van der Waals surface area (Å²) in [7, 11) is -7.57. The summed E-state index contributed by atoms with van der Waals surface area (Å²) in [5, 5.41) is 3.17. The molecule has 2 N–H and O–H groups in total. The monoisotopic (exact) mass is 561 g/mol. The Labute approximate surface area is 222 Å². The molecule has 3 aromatic rings. The molecule has 196 valence electrons. The molecule has 0 aliphatic carbocycles. The number of sulfonamides is 2. The molecule has 1 aliphatic rings. The highest BCUT2D eigenvalue weighted by Crippen LogP contribution is 2.27. The van der Waals surface area contributed by atoms with Crippen LogP contribution in [0, 0.1) is 13.8 Å². The normalized spacial score (nSPS) is 14.8. The Morgan fingerprint density at radius 1 is 0.865 bits per heavy atom. The van der Waals surface area contributed by atoms with Crippen molar-refractivity contribution in [2.75, 3.05) is 23.1 Å². The molecule has 0 spiro atoms. The maximum absolute atomic E-state index is 13.1. The SMILES string of the molecule is Cc1ccc(S(=O)(=O)N2CCCCC2)cc1C(=O)Nc1ccc(S(=O)(=O)Nc2cccc(Cl)c2C)cc1. The average molecular weight is 562 g/mol. The Bertz CT molecular complexity index is 1530. The highest BCUT2D eigenvalue weighted by Gasteiger charge is 2.27. The molecule has 11 heteroatoms. The third kappa shape index (κ3) is 5.98. The smallest absolute Gasteiger partial charge is 0.261 e. The molecule has 0 bridgehead atoms. The van der Waals surface area contributed by atoms with Crippen LogP contribution in [-0.2, 0) is 20.0 Å². The van der Waals surface area contributed by atoms with E-state index in [9.17, 15) is 21.6 Å². The van der Waals surface area contributed by atoms with Crippen molar-refractivity contribution in [1.82, 2.24) is 4.31 Å². The van der Waals surface area contributed by atoms with E-state index in [1.165, 1.54) is 40.7 Å². The van der Waals surface area contributed by atoms with Crippen molar-refractivity contribution in [3.63, 3.8) is 0 Å². The minimum absolute atomic E-state index is 0.00989. The van der Waals surface area contributed by atoms with Crippen molar-refractivity contribution in [2.24, 2.45) is 0 Å². The second-order valence-corrected chi connectivity index (χ2v) is 13.0. The quantitative estimate of drug-likeness (QED) is 0.412. The molecule has 1 heterocycles. The van der Waals surface area contributed by atoms with Crippen molar-refractivity contribution >= 4 is 48.9 Å². The van der Waals surface area contributed by atoms with Gasteiger partial charge in [0, 0.05) is 29.4 Å². The largest absolute Gasteiger partial charge is 0.322 e. The molecule has 1 fully saturated rings. The predicted octanol–water partition coefficient (Wildman–Crippen LogP) is 5.18. The van der Waals surface area contributed by atoms with Crippen LogP contribution in [0.25, 0.3) is 0 Å². The number of nitrogens with one attached hydrogen (secondary N) is 2. The fraction of sp³-hybridized carbons (Fsp3) is 0.269. The number of hydrogen-bond donors (Lipinski definition) is 2. The molecule has 0 aromatic heterocycles. The summed E-state index contributed by atoms with van der Waals surface area (Å²) in [5.74, 6) is -0.489. The fourth-order valence-corrected chi connectivity index (χ4v) is 6.94. The number of hydrogen-bond acceptors (Lipinski definition) is 5. The zero-order valence-corrected chi connectivity index (χ0v) is 22.9. The summed E-state index contributed by atoms with van der Waals surface area (Å²) in [5.41, 5.74) is 2.20. The molecule has 3 aromatic carbocycles. The van der Waals surface area contributed by atoms with Crippen LogP contribution in [0.3, 0.4) is 0 Å². The van der Waals surface area contributed by atoms with Gasteiger partial charge in [0.2, 0.25) is 10.0 Å². The summed E-state index contributed by atoms with van der Waals surface area (Å²) in [4.78, 5) is 13.1. The number of rotatable bonds is 7. The number of halogens is 1. The van der Waals surface area contributed by atoms with Crippen molar-refractivity contribution < 1.29 is 21.6 Å². The molecule has 1 saturated heterocycles. The molecule has 37 heavy (non-hydrogen) atoms. The van der Waals surface area contributed by atoms with E-state index in [2.05, 4.69) is 10.0 Å². The number of aryl methyl sites for hydroxylation is 1. The first-order valence-electron chi connectivity index (χ1n) is 11.8. The van der Waals surface area contributed by atoms with Gasteiger partial charge in [-0.05, 0) is 86.3 Å². The minimum Gasteiger partial charge on any atom is -0.322 e. The van der Waals surface area contributed by atoms with Gasteiger partial charge in [0.05, 0.1) is 15.5 Å². The molecule has 1 aliphatic heterocycles. The number of anilines is 2. The summed E-state index contributed by atoms with van der Waals surface area (Å²) >= 11 is 6.08. The number of piperidine rings is 1. The lowest BCUT2D eigenvalue weighted by Crippen LogP contribution is -2.35. The van der Waals surface area contributed by atoms with Gasteiger partial charge in [0.1, 0.15) is 0 Å². The van der Waals surface area contributed by atoms with Crippen LogP contribution in [0.5, 0.6) is 0 Å². The van der Waals surface area contributed by atoms with E-state index in [1.807, 2.05) is 0 Å². The van der Waals surface area contributed by atoms with Crippen LogP contribution in [0.4, 0.5) is 11.4 Å². The minimum atomic E-state index is -3.88. The van der Waals surface area contributed by atoms with Crippen LogP contribution in [0.2, 0.25) is 5.02 Å². The number of carbonyl (C=O) groups excluding carboxylic acids is 1. The lowest BCUT2D eigenvalue weighted by molar-refractivity contribution is 0.102. The van der Waals surface area contributed by atoms with Gasteiger partial charge in [-0.2, -0.15) is 4.31 Å². The van der Waals surface area contributed by atoms with E-state index in [0.29, 0.717) is 40.6 Å². The van der Waals surface area contributed by atoms with E-state index in [4.69, 9.17) is 11.6 Å². The van der Waals surface area contributed by atoms with E-state index in [0.717, 1.165) is 19.3 Å². The highest BCUT2D eigenvalue weighted by atomic mass is 35.5.